The Labute approximate surface area is 142 Å². The second kappa shape index (κ2) is 20.4. The van der Waals surface area contributed by atoms with Gasteiger partial charge in [0.15, 0.2) is 0 Å². The van der Waals surface area contributed by atoms with Gasteiger partial charge in [-0.15, -0.1) is 0 Å². The third-order valence-electron chi connectivity index (χ3n) is 0.687. The summed E-state index contributed by atoms with van der Waals surface area (Å²) in [6.45, 7) is 0. The lowest BCUT2D eigenvalue weighted by molar-refractivity contribution is 0.272. The van der Waals surface area contributed by atoms with Crippen molar-refractivity contribution in [2.24, 2.45) is 0 Å². The van der Waals surface area contributed by atoms with Crippen molar-refractivity contribution in [1.82, 2.24) is 51.9 Å². The zero-order valence-electron chi connectivity index (χ0n) is 13.2. The molecule has 0 saturated heterocycles. The van der Waals surface area contributed by atoms with Crippen molar-refractivity contribution in [3.05, 3.63) is 0 Å². The molecule has 22 heteroatoms. The summed E-state index contributed by atoms with van der Waals surface area (Å²) in [6, 6.07) is 0. The molecule has 0 spiro atoms. The number of phosphoric acid groups is 2. The Morgan fingerprint density at radius 3 is 0.680 bits per heavy atom. The largest absolute Gasteiger partial charge is 0.466 e. The Morgan fingerprint density at radius 1 is 0.520 bits per heavy atom. The fourth-order valence-electron chi connectivity index (χ4n) is 0.427. The zero-order valence-corrected chi connectivity index (χ0v) is 15.0. The molecule has 1 aromatic rings. The molecule has 160 valence electrons. The van der Waals surface area contributed by atoms with Gasteiger partial charge >= 0.3 is 15.6 Å². The average molecular weight is 424 g/mol. The number of hydrogen-bond acceptors (Lipinski definition) is 14. The average Bonchev–Trinajstić information content (AvgIpc) is 1.91. The molecule has 1 heterocycles. The summed E-state index contributed by atoms with van der Waals surface area (Å²) in [7, 11) is -9.28. The first-order chi connectivity index (χ1) is 8.18. The summed E-state index contributed by atoms with van der Waals surface area (Å²) < 4.78 is 17.8. The summed E-state index contributed by atoms with van der Waals surface area (Å²) in [5.74, 6) is 0.125. The van der Waals surface area contributed by atoms with Gasteiger partial charge in [0, 0.05) is 0 Å². The Morgan fingerprint density at radius 2 is 0.600 bits per heavy atom. The van der Waals surface area contributed by atoms with Gasteiger partial charge in [0.2, 0.25) is 17.8 Å². The summed E-state index contributed by atoms with van der Waals surface area (Å²) in [5, 5.41) is 0. The van der Waals surface area contributed by atoms with E-state index in [0.29, 0.717) is 0 Å². The maximum Gasteiger partial charge on any atom is 0.466 e. The first-order valence-electron chi connectivity index (χ1n) is 3.77. The van der Waals surface area contributed by atoms with Crippen LogP contribution in [0.4, 0.5) is 17.8 Å². The van der Waals surface area contributed by atoms with E-state index in [1.165, 1.54) is 0 Å². The van der Waals surface area contributed by atoms with Crippen LogP contribution >= 0.6 is 15.6 Å². The topological polar surface area (TPSA) is 482 Å². The molecule has 1 rings (SSSR count). The third-order valence-corrected chi connectivity index (χ3v) is 0.687. The molecule has 30 N–H and O–H groups in total. The van der Waals surface area contributed by atoms with E-state index in [1.54, 1.807) is 0 Å². The summed E-state index contributed by atoms with van der Waals surface area (Å²) in [5.41, 5.74) is 15.4. The minimum absolute atomic E-state index is 0. The van der Waals surface area contributed by atoms with Gasteiger partial charge in [-0.2, -0.15) is 15.0 Å². The number of rotatable bonds is 0. The summed E-state index contributed by atoms with van der Waals surface area (Å²) in [6.07, 6.45) is 0. The second-order valence-corrected chi connectivity index (χ2v) is 4.49. The van der Waals surface area contributed by atoms with Crippen LogP contribution in [0, 0.1) is 0 Å². The van der Waals surface area contributed by atoms with Crippen molar-refractivity contribution in [1.29, 1.82) is 0 Å². The minimum Gasteiger partial charge on any atom is -0.368 e. The van der Waals surface area contributed by atoms with Gasteiger partial charge in [0.05, 0.1) is 0 Å². The lowest BCUT2D eigenvalue weighted by Crippen LogP contribution is -2.05. The van der Waals surface area contributed by atoms with Crippen LogP contribution < -0.4 is 54.1 Å². The van der Waals surface area contributed by atoms with Gasteiger partial charge in [0.1, 0.15) is 0 Å². The van der Waals surface area contributed by atoms with E-state index in [-0.39, 0.29) is 54.7 Å². The van der Waals surface area contributed by atoms with Crippen molar-refractivity contribution < 1.29 is 38.5 Å². The minimum atomic E-state index is -4.64. The highest BCUT2D eigenvalue weighted by atomic mass is 31.2. The monoisotopic (exact) mass is 424 g/mol. The van der Waals surface area contributed by atoms with Gasteiger partial charge < -0.3 is 83.5 Å². The molecule has 0 radical (unpaired) electrons. The van der Waals surface area contributed by atoms with E-state index in [4.69, 9.17) is 55.7 Å². The van der Waals surface area contributed by atoms with Gasteiger partial charge in [0.25, 0.3) is 0 Å². The molecule has 0 aromatic carbocycles. The number of nitrogens with two attached hydrogens (primary N) is 3. The number of hydrogen-bond donors (Lipinski definition) is 15. The van der Waals surface area contributed by atoms with E-state index in [1.807, 2.05) is 0 Å². The van der Waals surface area contributed by atoms with Crippen LogP contribution in [0.2, 0.25) is 0 Å². The number of anilines is 3. The summed E-state index contributed by atoms with van der Waals surface area (Å²) >= 11 is 0. The molecule has 0 aliphatic rings. The van der Waals surface area contributed by atoms with Crippen molar-refractivity contribution in [2.75, 3.05) is 17.2 Å². The lowest BCUT2D eigenvalue weighted by atomic mass is 10.9. The first-order valence-corrected chi connectivity index (χ1v) is 6.90. The maximum atomic E-state index is 8.88. The van der Waals surface area contributed by atoms with Crippen LogP contribution in [0.5, 0.6) is 0 Å². The molecular formula is C3H30N12O8P2. The highest BCUT2D eigenvalue weighted by Crippen LogP contribution is 2.26. The standard InChI is InChI=1S/C3H6N6.6H3N.2H3O4P/c4-1-7-2(5)9-3(6)8-1;;;;;;;2*1-5(2,3)4/h(H6,4,5,6,7,8,9);6*1H3;2*(H3,1,2,3,4). The SMILES string of the molecule is N.N.N.N.N.N.Nc1nc(N)nc(N)n1.O=P(O)(O)O.O=P(O)(O)O. The van der Waals surface area contributed by atoms with Gasteiger partial charge in [-0.3, -0.25) is 0 Å². The quantitative estimate of drug-likeness (QED) is 0.195. The highest BCUT2D eigenvalue weighted by Gasteiger charge is 2.00. The van der Waals surface area contributed by atoms with E-state index >= 15 is 0 Å². The molecule has 0 fully saturated rings. The van der Waals surface area contributed by atoms with E-state index in [0.717, 1.165) is 0 Å². The lowest BCUT2D eigenvalue weighted by Gasteiger charge is -1.93. The van der Waals surface area contributed by atoms with Crippen molar-refractivity contribution in [3.8, 4) is 0 Å². The maximum absolute atomic E-state index is 8.88. The molecule has 20 nitrogen and oxygen atoms in total. The normalized spacial score (nSPS) is 8.08. The fourth-order valence-corrected chi connectivity index (χ4v) is 0.427. The molecule has 0 amide bonds. The van der Waals surface area contributed by atoms with Crippen molar-refractivity contribution in [3.63, 3.8) is 0 Å². The van der Waals surface area contributed by atoms with Gasteiger partial charge in [-0.05, 0) is 0 Å². The Balaban J connectivity index is -0.0000000273. The predicted molar refractivity (Wildman–Crippen MR) is 91.7 cm³/mol. The molecular weight excluding hydrogens is 394 g/mol. The van der Waals surface area contributed by atoms with E-state index in [2.05, 4.69) is 15.0 Å². The molecule has 0 atom stereocenters. The molecule has 0 saturated carbocycles. The molecule has 0 unspecified atom stereocenters. The number of nitrogen functional groups attached to an aromatic ring is 3. The fraction of sp³-hybridized carbons (Fsp3) is 0. The molecule has 0 aliphatic carbocycles. The highest BCUT2D eigenvalue weighted by molar-refractivity contribution is 7.45. The van der Waals surface area contributed by atoms with Crippen LogP contribution in [0.1, 0.15) is 0 Å². The molecule has 0 aliphatic heterocycles. The number of aromatic nitrogens is 3. The number of nitrogens with zero attached hydrogens (tertiary/aromatic N) is 3. The van der Waals surface area contributed by atoms with E-state index < -0.39 is 15.6 Å². The van der Waals surface area contributed by atoms with Crippen LogP contribution in [-0.2, 0) is 9.13 Å². The predicted octanol–water partition coefficient (Wildman–Crippen LogP) is -2.27. The molecule has 1 aromatic heterocycles. The van der Waals surface area contributed by atoms with Crippen molar-refractivity contribution in [2.45, 2.75) is 0 Å². The third kappa shape index (κ3) is 86.2. The van der Waals surface area contributed by atoms with Crippen molar-refractivity contribution >= 4 is 33.5 Å². The first kappa shape index (κ1) is 49.5. The Hall–Kier alpha value is -1.61. The van der Waals surface area contributed by atoms with Gasteiger partial charge in [-0.25, -0.2) is 9.13 Å². The van der Waals surface area contributed by atoms with Crippen LogP contribution in [-0.4, -0.2) is 44.3 Å². The smallest absolute Gasteiger partial charge is 0.368 e. The summed E-state index contributed by atoms with van der Waals surface area (Å²) in [4.78, 5) is 53.6. The molecule has 25 heavy (non-hydrogen) atoms. The zero-order chi connectivity index (χ0) is 15.9. The second-order valence-electron chi connectivity index (χ2n) is 2.44. The van der Waals surface area contributed by atoms with Crippen LogP contribution in [0.25, 0.3) is 0 Å². The Kier molecular flexibility index (Phi) is 40.5. The Bertz CT molecular complexity index is 404. The molecule has 0 bridgehead atoms. The van der Waals surface area contributed by atoms with Crippen LogP contribution in [0.3, 0.4) is 0 Å². The van der Waals surface area contributed by atoms with E-state index in [9.17, 15) is 0 Å². The van der Waals surface area contributed by atoms with Crippen LogP contribution in [0.15, 0.2) is 0 Å². The van der Waals surface area contributed by atoms with Gasteiger partial charge in [-0.1, -0.05) is 0 Å².